The third-order valence-electron chi connectivity index (χ3n) is 6.52. The molecular formula is C25H31ClN6O4S. The van der Waals surface area contributed by atoms with E-state index in [2.05, 4.69) is 31.2 Å². The summed E-state index contributed by atoms with van der Waals surface area (Å²) in [5.74, 6) is -2.35. The van der Waals surface area contributed by atoms with Crippen LogP contribution in [0.3, 0.4) is 0 Å². The van der Waals surface area contributed by atoms with Gasteiger partial charge in [-0.25, -0.2) is 4.98 Å². The second-order valence-electron chi connectivity index (χ2n) is 9.48. The van der Waals surface area contributed by atoms with Crippen molar-refractivity contribution in [1.82, 2.24) is 25.8 Å². The lowest BCUT2D eigenvalue weighted by Crippen LogP contribution is -2.57. The Hall–Kier alpha value is -3.02. The van der Waals surface area contributed by atoms with Gasteiger partial charge in [0.2, 0.25) is 5.91 Å². The van der Waals surface area contributed by atoms with Crippen molar-refractivity contribution < 1.29 is 19.2 Å². The smallest absolute Gasteiger partial charge is 0.313 e. The minimum atomic E-state index is -0.823. The molecule has 198 valence electrons. The molecule has 4 amide bonds. The summed E-state index contributed by atoms with van der Waals surface area (Å²) in [6, 6.07) is 5.36. The Morgan fingerprint density at radius 2 is 1.81 bits per heavy atom. The maximum Gasteiger partial charge on any atom is 0.313 e. The van der Waals surface area contributed by atoms with Gasteiger partial charge >= 0.3 is 11.8 Å². The van der Waals surface area contributed by atoms with Crippen molar-refractivity contribution in [2.75, 3.05) is 18.9 Å². The Bertz CT molecular complexity index is 1150. The van der Waals surface area contributed by atoms with Crippen LogP contribution in [-0.4, -0.2) is 59.2 Å². The molecule has 37 heavy (non-hydrogen) atoms. The Kier molecular flexibility index (Phi) is 8.78. The van der Waals surface area contributed by atoms with Gasteiger partial charge in [-0.05, 0) is 57.0 Å². The largest absolute Gasteiger partial charge is 0.356 e. The number of aromatic nitrogens is 1. The minimum absolute atomic E-state index is 0.0670. The summed E-state index contributed by atoms with van der Waals surface area (Å²) in [7, 11) is 2.00. The normalized spacial score (nSPS) is 21.1. The fourth-order valence-corrected chi connectivity index (χ4v) is 5.78. The van der Waals surface area contributed by atoms with Crippen molar-refractivity contribution in [2.45, 2.75) is 57.8 Å². The second kappa shape index (κ2) is 12.0. The highest BCUT2D eigenvalue weighted by Gasteiger charge is 2.37. The first-order chi connectivity index (χ1) is 17.7. The number of hydrogen-bond donors (Lipinski definition) is 4. The van der Waals surface area contributed by atoms with E-state index in [0.717, 1.165) is 23.5 Å². The number of hydrogen-bond acceptors (Lipinski definition) is 7. The lowest BCUT2D eigenvalue weighted by atomic mass is 9.81. The average molecular weight is 547 g/mol. The van der Waals surface area contributed by atoms with E-state index in [1.807, 2.05) is 14.0 Å². The molecule has 1 fully saturated rings. The van der Waals surface area contributed by atoms with Gasteiger partial charge in [-0.15, -0.1) is 11.3 Å². The zero-order valence-corrected chi connectivity index (χ0v) is 22.4. The first-order valence-corrected chi connectivity index (χ1v) is 13.6. The van der Waals surface area contributed by atoms with E-state index in [4.69, 9.17) is 11.6 Å². The van der Waals surface area contributed by atoms with Gasteiger partial charge in [0.05, 0.1) is 11.7 Å². The molecule has 1 aliphatic heterocycles. The summed E-state index contributed by atoms with van der Waals surface area (Å²) in [5.41, 5.74) is 1.34. The lowest BCUT2D eigenvalue weighted by Gasteiger charge is -2.36. The van der Waals surface area contributed by atoms with Crippen LogP contribution in [-0.2, 0) is 27.5 Å². The van der Waals surface area contributed by atoms with Crippen LogP contribution >= 0.6 is 22.9 Å². The van der Waals surface area contributed by atoms with Gasteiger partial charge in [0.15, 0.2) is 5.01 Å². The molecule has 2 aliphatic rings. The molecule has 0 saturated heterocycles. The second-order valence-corrected chi connectivity index (χ2v) is 11.0. The van der Waals surface area contributed by atoms with Crippen molar-refractivity contribution in [3.05, 3.63) is 44.9 Å². The molecule has 10 nitrogen and oxygen atoms in total. The Balaban J connectivity index is 1.43. The van der Waals surface area contributed by atoms with Crippen LogP contribution < -0.4 is 21.3 Å². The molecule has 0 unspecified atom stereocenters. The number of halogens is 1. The summed E-state index contributed by atoms with van der Waals surface area (Å²) in [6.07, 6.45) is 2.14. The molecule has 0 spiro atoms. The molecule has 0 bridgehead atoms. The van der Waals surface area contributed by atoms with Crippen LogP contribution in [0, 0.1) is 5.92 Å². The van der Waals surface area contributed by atoms with Gasteiger partial charge in [-0.1, -0.05) is 18.5 Å². The number of anilines is 1. The molecule has 3 atom stereocenters. The van der Waals surface area contributed by atoms with Gasteiger partial charge in [0.1, 0.15) is 0 Å². The summed E-state index contributed by atoms with van der Waals surface area (Å²) in [5, 5.41) is 12.1. The summed E-state index contributed by atoms with van der Waals surface area (Å²) >= 11 is 7.23. The number of amides is 4. The highest BCUT2D eigenvalue weighted by Crippen LogP contribution is 2.29. The van der Waals surface area contributed by atoms with Crippen molar-refractivity contribution in [3.63, 3.8) is 0 Å². The van der Waals surface area contributed by atoms with Gasteiger partial charge < -0.3 is 21.3 Å². The number of nitrogens with zero attached hydrogens (tertiary/aromatic N) is 2. The molecule has 1 aromatic carbocycles. The van der Waals surface area contributed by atoms with E-state index in [9.17, 15) is 19.2 Å². The van der Waals surface area contributed by atoms with Crippen molar-refractivity contribution in [2.24, 2.45) is 5.92 Å². The summed E-state index contributed by atoms with van der Waals surface area (Å²) < 4.78 is 0. The molecule has 4 N–H and O–H groups in total. The third-order valence-corrected chi connectivity index (χ3v) is 7.85. The zero-order valence-electron chi connectivity index (χ0n) is 20.8. The topological polar surface area (TPSA) is 133 Å². The predicted octanol–water partition coefficient (Wildman–Crippen LogP) is 2.29. The highest BCUT2D eigenvalue weighted by molar-refractivity contribution is 7.13. The minimum Gasteiger partial charge on any atom is -0.356 e. The van der Waals surface area contributed by atoms with Crippen molar-refractivity contribution in [3.8, 4) is 0 Å². The SMILES string of the molecule is CCCNC(=O)[C@H]1CC[C@H](NC(=O)C(=O)Nc2ccc(Cl)cc2)[C@H](NC(=O)c2nc3c(s2)CN(C)C3)C1. The average Bonchev–Trinajstić information content (AvgIpc) is 3.42. The van der Waals surface area contributed by atoms with Gasteiger partial charge in [-0.2, -0.15) is 0 Å². The zero-order chi connectivity index (χ0) is 26.5. The van der Waals surface area contributed by atoms with Crippen LogP contribution in [0.5, 0.6) is 0 Å². The molecule has 1 aromatic heterocycles. The monoisotopic (exact) mass is 546 g/mol. The maximum atomic E-state index is 13.1. The quantitative estimate of drug-likeness (QED) is 0.394. The van der Waals surface area contributed by atoms with E-state index in [-0.39, 0.29) is 17.7 Å². The van der Waals surface area contributed by atoms with E-state index in [1.54, 1.807) is 24.3 Å². The Morgan fingerprint density at radius 3 is 2.51 bits per heavy atom. The van der Waals surface area contributed by atoms with Crippen LogP contribution in [0.2, 0.25) is 5.02 Å². The highest BCUT2D eigenvalue weighted by atomic mass is 35.5. The van der Waals surface area contributed by atoms with E-state index >= 15 is 0 Å². The Labute approximate surface area is 224 Å². The number of fused-ring (bicyclic) bond motifs is 1. The number of rotatable bonds is 7. The van der Waals surface area contributed by atoms with E-state index in [0.29, 0.717) is 48.1 Å². The fraction of sp³-hybridized carbons (Fsp3) is 0.480. The van der Waals surface area contributed by atoms with Crippen LogP contribution in [0.4, 0.5) is 5.69 Å². The number of carbonyl (C=O) groups excluding carboxylic acids is 4. The van der Waals surface area contributed by atoms with Gasteiger partial charge in [-0.3, -0.25) is 24.1 Å². The van der Waals surface area contributed by atoms with Crippen LogP contribution in [0.25, 0.3) is 0 Å². The van der Waals surface area contributed by atoms with Gasteiger partial charge in [0, 0.05) is 47.2 Å². The molecule has 1 aliphatic carbocycles. The van der Waals surface area contributed by atoms with Crippen LogP contribution in [0.1, 0.15) is 53.0 Å². The maximum absolute atomic E-state index is 13.1. The first-order valence-electron chi connectivity index (χ1n) is 12.4. The Morgan fingerprint density at radius 1 is 1.05 bits per heavy atom. The van der Waals surface area contributed by atoms with Crippen molar-refractivity contribution in [1.29, 1.82) is 0 Å². The fourth-order valence-electron chi connectivity index (χ4n) is 4.60. The third kappa shape index (κ3) is 6.85. The first kappa shape index (κ1) is 27.0. The van der Waals surface area contributed by atoms with Crippen LogP contribution in [0.15, 0.2) is 24.3 Å². The number of thiazole rings is 1. The van der Waals surface area contributed by atoms with Crippen molar-refractivity contribution >= 4 is 52.3 Å². The summed E-state index contributed by atoms with van der Waals surface area (Å²) in [6.45, 7) is 4.01. The van der Waals surface area contributed by atoms with E-state index in [1.165, 1.54) is 11.3 Å². The van der Waals surface area contributed by atoms with Gasteiger partial charge in [0.25, 0.3) is 5.91 Å². The molecule has 1 saturated carbocycles. The molecule has 12 heteroatoms. The number of carbonyl (C=O) groups is 4. The number of benzene rings is 1. The molecular weight excluding hydrogens is 516 g/mol. The standard InChI is InChI=1S/C25H31ClN6O4S/c1-3-10-27-21(33)14-4-9-17(29-23(35)22(34)28-16-7-5-15(26)6-8-16)18(11-14)30-24(36)25-31-19-12-32(2)13-20(19)37-25/h5-8,14,17-18H,3-4,9-13H2,1-2H3,(H,27,33)(H,28,34)(H,29,35)(H,30,36)/t14-,17-,18+/m0/s1. The molecule has 4 rings (SSSR count). The number of nitrogens with one attached hydrogen (secondary N) is 4. The summed E-state index contributed by atoms with van der Waals surface area (Å²) in [4.78, 5) is 58.6. The molecule has 0 radical (unpaired) electrons. The lowest BCUT2D eigenvalue weighted by molar-refractivity contribution is -0.137. The molecule has 2 aromatic rings. The molecule has 2 heterocycles. The van der Waals surface area contributed by atoms with E-state index < -0.39 is 23.9 Å². The predicted molar refractivity (Wildman–Crippen MR) is 141 cm³/mol.